The maximum Gasteiger partial charge on any atom is 0.105 e. The van der Waals surface area contributed by atoms with Gasteiger partial charge in [-0.2, -0.15) is 0 Å². The monoisotopic (exact) mass is 435 g/mol. The predicted molar refractivity (Wildman–Crippen MR) is 139 cm³/mol. The van der Waals surface area contributed by atoms with E-state index < -0.39 is 0 Å². The molecule has 3 heteroatoms. The molecule has 6 aromatic rings. The first kappa shape index (κ1) is 20.0. The molecule has 0 amide bonds. The Labute approximate surface area is 198 Å². The van der Waals surface area contributed by atoms with Crippen LogP contribution in [0.4, 0.5) is 0 Å². The van der Waals surface area contributed by atoms with Gasteiger partial charge < -0.3 is 0 Å². The Hall–Kier alpha value is -4.63. The van der Waals surface area contributed by atoms with Gasteiger partial charge in [-0.3, -0.25) is 0 Å². The van der Waals surface area contributed by atoms with Crippen molar-refractivity contribution in [2.45, 2.75) is 0 Å². The molecular formula is C31H21N3. The minimum Gasteiger partial charge on any atom is -0.130 e. The predicted octanol–water partition coefficient (Wildman–Crippen LogP) is 7.69. The standard InChI is InChI=1S/C31H21N3/c1-5-13-22(14-6-1)26-21-27-30(31(33-34-32-27)25-19-11-4-12-20-25)29(24-17-9-3-10-18-24)28(26)23-15-7-2-8-16-23/h1-21H. The lowest BCUT2D eigenvalue weighted by molar-refractivity contribution is 0.901. The van der Waals surface area contributed by atoms with Crippen LogP contribution < -0.4 is 0 Å². The summed E-state index contributed by atoms with van der Waals surface area (Å²) in [5.74, 6) is 0. The van der Waals surface area contributed by atoms with Gasteiger partial charge in [-0.1, -0.05) is 121 Å². The van der Waals surface area contributed by atoms with Gasteiger partial charge in [-0.25, -0.2) is 0 Å². The minimum absolute atomic E-state index is 0.825. The molecule has 0 saturated heterocycles. The molecule has 6 rings (SSSR count). The highest BCUT2D eigenvalue weighted by atomic mass is 15.3. The van der Waals surface area contributed by atoms with E-state index in [1.165, 1.54) is 0 Å². The SMILES string of the molecule is c1ccc(-c2cc3nnnc(-c4ccccc4)c3c(-c3ccccc3)c2-c2ccccc2)cc1. The highest BCUT2D eigenvalue weighted by Crippen LogP contribution is 2.46. The molecule has 0 aliphatic rings. The summed E-state index contributed by atoms with van der Waals surface area (Å²) in [5.41, 5.74) is 9.49. The Morgan fingerprint density at radius 1 is 0.412 bits per heavy atom. The molecule has 3 nitrogen and oxygen atoms in total. The summed E-state index contributed by atoms with van der Waals surface area (Å²) < 4.78 is 0. The molecule has 0 aliphatic carbocycles. The Morgan fingerprint density at radius 3 is 1.44 bits per heavy atom. The minimum atomic E-state index is 0.825. The fourth-order valence-corrected chi connectivity index (χ4v) is 4.59. The van der Waals surface area contributed by atoms with E-state index >= 15 is 0 Å². The molecule has 5 aromatic carbocycles. The molecular weight excluding hydrogens is 414 g/mol. The number of benzene rings is 5. The molecule has 0 spiro atoms. The van der Waals surface area contributed by atoms with Gasteiger partial charge in [0.1, 0.15) is 5.69 Å². The van der Waals surface area contributed by atoms with Crippen molar-refractivity contribution >= 4 is 10.9 Å². The van der Waals surface area contributed by atoms with E-state index in [9.17, 15) is 0 Å². The molecule has 0 saturated carbocycles. The fraction of sp³-hybridized carbons (Fsp3) is 0. The van der Waals surface area contributed by atoms with Crippen LogP contribution in [0, 0.1) is 0 Å². The van der Waals surface area contributed by atoms with Crippen LogP contribution in [0.5, 0.6) is 0 Å². The number of fused-ring (bicyclic) bond motifs is 1. The molecule has 0 N–H and O–H groups in total. The van der Waals surface area contributed by atoms with E-state index in [-0.39, 0.29) is 0 Å². The molecule has 1 aromatic heterocycles. The van der Waals surface area contributed by atoms with E-state index in [0.717, 1.165) is 55.5 Å². The zero-order chi connectivity index (χ0) is 22.7. The summed E-state index contributed by atoms with van der Waals surface area (Å²) in [4.78, 5) is 0. The number of hydrogen-bond acceptors (Lipinski definition) is 3. The third kappa shape index (κ3) is 3.54. The third-order valence-electron chi connectivity index (χ3n) is 6.10. The van der Waals surface area contributed by atoms with Crippen molar-refractivity contribution in [3.05, 3.63) is 127 Å². The Kier molecular flexibility index (Phi) is 5.13. The quantitative estimate of drug-likeness (QED) is 0.285. The summed E-state index contributed by atoms with van der Waals surface area (Å²) in [6.45, 7) is 0. The normalized spacial score (nSPS) is 10.9. The summed E-state index contributed by atoms with van der Waals surface area (Å²) in [5, 5.41) is 14.2. The lowest BCUT2D eigenvalue weighted by Gasteiger charge is -2.20. The number of aromatic nitrogens is 3. The molecule has 0 aliphatic heterocycles. The van der Waals surface area contributed by atoms with Crippen molar-refractivity contribution in [3.8, 4) is 44.6 Å². The van der Waals surface area contributed by atoms with Crippen molar-refractivity contribution in [1.29, 1.82) is 0 Å². The topological polar surface area (TPSA) is 38.7 Å². The lowest BCUT2D eigenvalue weighted by Crippen LogP contribution is -1.99. The van der Waals surface area contributed by atoms with E-state index in [2.05, 4.69) is 112 Å². The molecule has 0 unspecified atom stereocenters. The van der Waals surface area contributed by atoms with Crippen molar-refractivity contribution < 1.29 is 0 Å². The van der Waals surface area contributed by atoms with Gasteiger partial charge in [0.15, 0.2) is 0 Å². The third-order valence-corrected chi connectivity index (χ3v) is 6.10. The first-order chi connectivity index (χ1) is 16.9. The summed E-state index contributed by atoms with van der Waals surface area (Å²) in [7, 11) is 0. The van der Waals surface area contributed by atoms with Gasteiger partial charge in [-0.15, -0.1) is 10.2 Å². The van der Waals surface area contributed by atoms with E-state index in [4.69, 9.17) is 0 Å². The van der Waals surface area contributed by atoms with Gasteiger partial charge >= 0.3 is 0 Å². The molecule has 0 fully saturated rings. The maximum atomic E-state index is 4.54. The van der Waals surface area contributed by atoms with E-state index in [1.807, 2.05) is 30.3 Å². The number of nitrogens with zero attached hydrogens (tertiary/aromatic N) is 3. The second-order valence-electron chi connectivity index (χ2n) is 8.17. The van der Waals surface area contributed by atoms with Crippen LogP contribution in [0.1, 0.15) is 0 Å². The van der Waals surface area contributed by atoms with Crippen molar-refractivity contribution in [2.75, 3.05) is 0 Å². The zero-order valence-electron chi connectivity index (χ0n) is 18.5. The molecule has 0 bridgehead atoms. The van der Waals surface area contributed by atoms with Gasteiger partial charge in [-0.05, 0) is 39.1 Å². The summed E-state index contributed by atoms with van der Waals surface area (Å²) >= 11 is 0. The van der Waals surface area contributed by atoms with Crippen LogP contribution in [0.2, 0.25) is 0 Å². The molecule has 34 heavy (non-hydrogen) atoms. The Balaban J connectivity index is 1.83. The first-order valence-electron chi connectivity index (χ1n) is 11.3. The van der Waals surface area contributed by atoms with Gasteiger partial charge in [0.2, 0.25) is 0 Å². The molecule has 0 atom stereocenters. The largest absolute Gasteiger partial charge is 0.130 e. The van der Waals surface area contributed by atoms with Crippen LogP contribution in [-0.2, 0) is 0 Å². The number of rotatable bonds is 4. The average molecular weight is 436 g/mol. The van der Waals surface area contributed by atoms with Gasteiger partial charge in [0.25, 0.3) is 0 Å². The Bertz CT molecular complexity index is 1560. The Morgan fingerprint density at radius 2 is 0.882 bits per heavy atom. The van der Waals surface area contributed by atoms with Gasteiger partial charge in [0.05, 0.1) is 5.52 Å². The number of hydrogen-bond donors (Lipinski definition) is 0. The summed E-state index contributed by atoms with van der Waals surface area (Å²) in [6, 6.07) is 44.0. The van der Waals surface area contributed by atoms with E-state index in [1.54, 1.807) is 0 Å². The van der Waals surface area contributed by atoms with Gasteiger partial charge in [0, 0.05) is 16.5 Å². The average Bonchev–Trinajstić information content (AvgIpc) is 2.93. The van der Waals surface area contributed by atoms with Crippen LogP contribution in [0.15, 0.2) is 127 Å². The lowest BCUT2D eigenvalue weighted by atomic mass is 9.84. The highest BCUT2D eigenvalue weighted by Gasteiger charge is 2.22. The second kappa shape index (κ2) is 8.72. The van der Waals surface area contributed by atoms with Crippen LogP contribution in [-0.4, -0.2) is 15.4 Å². The first-order valence-corrected chi connectivity index (χ1v) is 11.3. The van der Waals surface area contributed by atoms with E-state index in [0.29, 0.717) is 0 Å². The summed E-state index contributed by atoms with van der Waals surface area (Å²) in [6.07, 6.45) is 0. The van der Waals surface area contributed by atoms with Crippen LogP contribution >= 0.6 is 0 Å². The molecule has 0 radical (unpaired) electrons. The van der Waals surface area contributed by atoms with Crippen LogP contribution in [0.3, 0.4) is 0 Å². The van der Waals surface area contributed by atoms with Crippen molar-refractivity contribution in [2.24, 2.45) is 0 Å². The molecule has 1 heterocycles. The molecule has 160 valence electrons. The second-order valence-corrected chi connectivity index (χ2v) is 8.17. The van der Waals surface area contributed by atoms with Crippen LogP contribution in [0.25, 0.3) is 55.5 Å². The maximum absolute atomic E-state index is 4.54. The zero-order valence-corrected chi connectivity index (χ0v) is 18.5. The van der Waals surface area contributed by atoms with Crippen molar-refractivity contribution in [1.82, 2.24) is 15.4 Å². The van der Waals surface area contributed by atoms with Crippen molar-refractivity contribution in [3.63, 3.8) is 0 Å². The fourth-order valence-electron chi connectivity index (χ4n) is 4.59. The smallest absolute Gasteiger partial charge is 0.105 e. The highest BCUT2D eigenvalue weighted by molar-refractivity contribution is 6.12.